The SMILES string of the molecule is CC(N)c1nnc(N)n1C. The molecule has 5 heteroatoms. The Labute approximate surface area is 59.0 Å². The Morgan fingerprint density at radius 2 is 2.10 bits per heavy atom. The second kappa shape index (κ2) is 2.26. The van der Waals surface area contributed by atoms with Crippen molar-refractivity contribution < 1.29 is 0 Å². The molecule has 0 amide bonds. The molecule has 1 aromatic rings. The fraction of sp³-hybridized carbons (Fsp3) is 0.600. The summed E-state index contributed by atoms with van der Waals surface area (Å²) in [5.41, 5.74) is 11.0. The third kappa shape index (κ3) is 0.950. The van der Waals surface area contributed by atoms with Crippen molar-refractivity contribution in [2.45, 2.75) is 13.0 Å². The van der Waals surface area contributed by atoms with E-state index in [-0.39, 0.29) is 6.04 Å². The molecule has 1 rings (SSSR count). The summed E-state index contributed by atoms with van der Waals surface area (Å²) in [6, 6.07) is -0.116. The number of rotatable bonds is 1. The molecule has 1 heterocycles. The maximum atomic E-state index is 5.55. The van der Waals surface area contributed by atoms with Gasteiger partial charge in [-0.3, -0.25) is 4.57 Å². The van der Waals surface area contributed by atoms with Crippen molar-refractivity contribution in [1.82, 2.24) is 14.8 Å². The lowest BCUT2D eigenvalue weighted by Gasteiger charge is -2.02. The Morgan fingerprint density at radius 3 is 2.30 bits per heavy atom. The third-order valence-corrected chi connectivity index (χ3v) is 1.35. The number of nitrogens with zero attached hydrogens (tertiary/aromatic N) is 3. The summed E-state index contributed by atoms with van der Waals surface area (Å²) in [4.78, 5) is 0. The Hall–Kier alpha value is -1.10. The summed E-state index contributed by atoms with van der Waals surface area (Å²) < 4.78 is 1.67. The van der Waals surface area contributed by atoms with Gasteiger partial charge in [0.2, 0.25) is 5.95 Å². The molecule has 1 unspecified atom stereocenters. The molecule has 56 valence electrons. The van der Waals surface area contributed by atoms with E-state index in [9.17, 15) is 0 Å². The molecule has 0 aliphatic carbocycles. The zero-order valence-electron chi connectivity index (χ0n) is 6.07. The van der Waals surface area contributed by atoms with Crippen LogP contribution in [0.3, 0.4) is 0 Å². The molecule has 4 N–H and O–H groups in total. The van der Waals surface area contributed by atoms with Crippen molar-refractivity contribution in [3.8, 4) is 0 Å². The van der Waals surface area contributed by atoms with E-state index in [0.717, 1.165) is 0 Å². The first-order valence-corrected chi connectivity index (χ1v) is 3.03. The molecular formula is C5H11N5. The van der Waals surface area contributed by atoms with E-state index in [2.05, 4.69) is 10.2 Å². The Bertz CT molecular complexity index is 226. The molecular weight excluding hydrogens is 130 g/mol. The van der Waals surface area contributed by atoms with Crippen LogP contribution in [0.15, 0.2) is 0 Å². The minimum atomic E-state index is -0.116. The van der Waals surface area contributed by atoms with E-state index in [0.29, 0.717) is 11.8 Å². The molecule has 1 aromatic heterocycles. The molecule has 0 fully saturated rings. The zero-order valence-corrected chi connectivity index (χ0v) is 6.07. The molecule has 0 bridgehead atoms. The molecule has 0 aliphatic rings. The monoisotopic (exact) mass is 141 g/mol. The van der Waals surface area contributed by atoms with Gasteiger partial charge in [0, 0.05) is 7.05 Å². The van der Waals surface area contributed by atoms with Crippen LogP contribution >= 0.6 is 0 Å². The molecule has 0 saturated heterocycles. The van der Waals surface area contributed by atoms with Crippen molar-refractivity contribution >= 4 is 5.95 Å². The minimum absolute atomic E-state index is 0.116. The largest absolute Gasteiger partial charge is 0.368 e. The number of hydrogen-bond acceptors (Lipinski definition) is 4. The maximum Gasteiger partial charge on any atom is 0.221 e. The molecule has 10 heavy (non-hydrogen) atoms. The van der Waals surface area contributed by atoms with E-state index >= 15 is 0 Å². The maximum absolute atomic E-state index is 5.55. The number of aromatic nitrogens is 3. The van der Waals surface area contributed by atoms with Crippen molar-refractivity contribution in [1.29, 1.82) is 0 Å². The van der Waals surface area contributed by atoms with E-state index in [1.54, 1.807) is 11.6 Å². The van der Waals surface area contributed by atoms with Gasteiger partial charge in [-0.05, 0) is 6.92 Å². The molecule has 1 atom stereocenters. The van der Waals surface area contributed by atoms with Gasteiger partial charge >= 0.3 is 0 Å². The van der Waals surface area contributed by atoms with Crippen molar-refractivity contribution in [2.75, 3.05) is 5.73 Å². The van der Waals surface area contributed by atoms with Crippen LogP contribution in [0.1, 0.15) is 18.8 Å². The van der Waals surface area contributed by atoms with Gasteiger partial charge in [0.05, 0.1) is 6.04 Å². The van der Waals surface area contributed by atoms with Crippen molar-refractivity contribution in [3.05, 3.63) is 5.82 Å². The third-order valence-electron chi connectivity index (χ3n) is 1.35. The first-order chi connectivity index (χ1) is 4.63. The number of nitrogen functional groups attached to an aromatic ring is 1. The predicted octanol–water partition coefficient (Wildman–Crippen LogP) is -0.583. The fourth-order valence-electron chi connectivity index (χ4n) is 0.751. The second-order valence-electron chi connectivity index (χ2n) is 2.26. The number of nitrogens with two attached hydrogens (primary N) is 2. The number of anilines is 1. The average molecular weight is 141 g/mol. The van der Waals surface area contributed by atoms with Crippen LogP contribution in [0.25, 0.3) is 0 Å². The van der Waals surface area contributed by atoms with Crippen LogP contribution in [0.4, 0.5) is 5.95 Å². The van der Waals surface area contributed by atoms with E-state index in [4.69, 9.17) is 11.5 Å². The highest BCUT2D eigenvalue weighted by atomic mass is 15.3. The van der Waals surface area contributed by atoms with Gasteiger partial charge in [-0.15, -0.1) is 10.2 Å². The summed E-state index contributed by atoms with van der Waals surface area (Å²) >= 11 is 0. The van der Waals surface area contributed by atoms with Crippen molar-refractivity contribution in [2.24, 2.45) is 12.8 Å². The van der Waals surface area contributed by atoms with Gasteiger partial charge in [-0.1, -0.05) is 0 Å². The van der Waals surface area contributed by atoms with Crippen LogP contribution < -0.4 is 11.5 Å². The first-order valence-electron chi connectivity index (χ1n) is 3.03. The summed E-state index contributed by atoms with van der Waals surface area (Å²) in [5, 5.41) is 7.43. The topological polar surface area (TPSA) is 82.8 Å². The van der Waals surface area contributed by atoms with E-state index < -0.39 is 0 Å². The lowest BCUT2D eigenvalue weighted by Crippen LogP contribution is -2.12. The standard InChI is InChI=1S/C5H11N5/c1-3(6)4-8-9-5(7)10(4)2/h3H,6H2,1-2H3,(H2,7,9). The average Bonchev–Trinajstić information content (AvgIpc) is 2.14. The Kier molecular flexibility index (Phi) is 1.58. The van der Waals surface area contributed by atoms with Crippen LogP contribution in [-0.4, -0.2) is 14.8 Å². The summed E-state index contributed by atoms with van der Waals surface area (Å²) in [7, 11) is 1.79. The highest BCUT2D eigenvalue weighted by Crippen LogP contribution is 2.06. The lowest BCUT2D eigenvalue weighted by atomic mass is 10.3. The van der Waals surface area contributed by atoms with Crippen LogP contribution in [0.2, 0.25) is 0 Å². The lowest BCUT2D eigenvalue weighted by molar-refractivity contribution is 0.686. The van der Waals surface area contributed by atoms with E-state index in [1.807, 2.05) is 6.92 Å². The number of hydrogen-bond donors (Lipinski definition) is 2. The quantitative estimate of drug-likeness (QED) is 0.548. The highest BCUT2D eigenvalue weighted by Gasteiger charge is 2.08. The normalized spacial score (nSPS) is 13.5. The Morgan fingerprint density at radius 1 is 1.50 bits per heavy atom. The summed E-state index contributed by atoms with van der Waals surface area (Å²) in [5.74, 6) is 1.10. The highest BCUT2D eigenvalue weighted by molar-refractivity contribution is 5.17. The van der Waals surface area contributed by atoms with E-state index in [1.165, 1.54) is 0 Å². The van der Waals surface area contributed by atoms with Gasteiger partial charge < -0.3 is 11.5 Å². The van der Waals surface area contributed by atoms with Gasteiger partial charge in [-0.2, -0.15) is 0 Å². The van der Waals surface area contributed by atoms with Gasteiger partial charge in [0.25, 0.3) is 0 Å². The van der Waals surface area contributed by atoms with Gasteiger partial charge in [-0.25, -0.2) is 0 Å². The molecule has 0 saturated carbocycles. The first kappa shape index (κ1) is 7.01. The fourth-order valence-corrected chi connectivity index (χ4v) is 0.751. The second-order valence-corrected chi connectivity index (χ2v) is 2.26. The summed E-state index contributed by atoms with van der Waals surface area (Å²) in [6.45, 7) is 1.84. The van der Waals surface area contributed by atoms with Crippen molar-refractivity contribution in [3.63, 3.8) is 0 Å². The molecule has 0 aliphatic heterocycles. The van der Waals surface area contributed by atoms with Gasteiger partial charge in [0.1, 0.15) is 0 Å². The summed E-state index contributed by atoms with van der Waals surface area (Å²) in [6.07, 6.45) is 0. The molecule has 5 nitrogen and oxygen atoms in total. The van der Waals surface area contributed by atoms with Gasteiger partial charge in [0.15, 0.2) is 5.82 Å². The zero-order chi connectivity index (χ0) is 7.72. The Balaban J connectivity index is 3.05. The smallest absolute Gasteiger partial charge is 0.221 e. The molecule has 0 radical (unpaired) electrons. The minimum Gasteiger partial charge on any atom is -0.368 e. The van der Waals surface area contributed by atoms with Crippen LogP contribution in [0, 0.1) is 0 Å². The van der Waals surface area contributed by atoms with Crippen LogP contribution in [0.5, 0.6) is 0 Å². The predicted molar refractivity (Wildman–Crippen MR) is 38.0 cm³/mol. The van der Waals surface area contributed by atoms with Crippen LogP contribution in [-0.2, 0) is 7.05 Å². The molecule has 0 spiro atoms. The molecule has 0 aromatic carbocycles.